The number of anilines is 2. The molecule has 3 aromatic rings. The number of carbonyl (C=O) groups is 1. The van der Waals surface area contributed by atoms with Crippen molar-refractivity contribution in [3.8, 4) is 0 Å². The van der Waals surface area contributed by atoms with Gasteiger partial charge >= 0.3 is 0 Å². The van der Waals surface area contributed by atoms with Crippen molar-refractivity contribution >= 4 is 34.1 Å². The minimum Gasteiger partial charge on any atom is -0.506 e. The Labute approximate surface area is 300 Å². The Morgan fingerprint density at radius 3 is 2.02 bits per heavy atom. The van der Waals surface area contributed by atoms with E-state index in [1.54, 1.807) is 7.11 Å². The molecule has 1 N–H and O–H groups in total. The third-order valence-electron chi connectivity index (χ3n) is 10.3. The fourth-order valence-electron chi connectivity index (χ4n) is 7.21. The van der Waals surface area contributed by atoms with Crippen LogP contribution < -0.4 is 4.90 Å². The van der Waals surface area contributed by atoms with Crippen molar-refractivity contribution in [3.05, 3.63) is 130 Å². The van der Waals surface area contributed by atoms with E-state index in [9.17, 15) is 9.90 Å². The maximum Gasteiger partial charge on any atom is 0.208 e. The number of nitrogens with zero attached hydrogens (tertiary/aromatic N) is 2. The number of unbranched alkanes of at least 4 members (excludes halogenated alkanes) is 1. The zero-order chi connectivity index (χ0) is 35.9. The van der Waals surface area contributed by atoms with Crippen LogP contribution in [0.3, 0.4) is 0 Å². The summed E-state index contributed by atoms with van der Waals surface area (Å²) >= 11 is 0. The number of aliphatic hydroxyl groups excluding tert-OH is 1. The summed E-state index contributed by atoms with van der Waals surface area (Å²) in [6.07, 6.45) is 13.9. The van der Waals surface area contributed by atoms with Crippen LogP contribution in [0.1, 0.15) is 80.7 Å². The molecule has 0 saturated carbocycles. The van der Waals surface area contributed by atoms with E-state index >= 15 is 0 Å². The number of aryl methyl sites for hydroxylation is 4. The molecule has 2 atom stereocenters. The Morgan fingerprint density at radius 2 is 1.46 bits per heavy atom. The number of aliphatic hydroxyl groups is 1. The first kappa shape index (κ1) is 36.8. The van der Waals surface area contributed by atoms with Crippen LogP contribution in [0, 0.1) is 33.6 Å². The second-order valence-corrected chi connectivity index (χ2v) is 14.0. The molecule has 5 rings (SSSR count). The second kappa shape index (κ2) is 16.5. The largest absolute Gasteiger partial charge is 0.506 e. The van der Waals surface area contributed by atoms with Crippen LogP contribution in [-0.4, -0.2) is 47.5 Å². The van der Waals surface area contributed by atoms with Crippen LogP contribution in [0.5, 0.6) is 0 Å². The van der Waals surface area contributed by atoms with Gasteiger partial charge in [0.1, 0.15) is 5.76 Å². The highest BCUT2D eigenvalue weighted by atomic mass is 16.5. The Kier molecular flexibility index (Phi) is 12.1. The van der Waals surface area contributed by atoms with Crippen LogP contribution in [0.15, 0.2) is 102 Å². The molecule has 0 fully saturated rings. The zero-order valence-corrected chi connectivity index (χ0v) is 31.3. The smallest absolute Gasteiger partial charge is 0.208 e. The molecular weight excluding hydrogens is 617 g/mol. The number of ether oxygens (including phenoxy) is 1. The summed E-state index contributed by atoms with van der Waals surface area (Å²) in [5.41, 5.74) is 11.6. The van der Waals surface area contributed by atoms with E-state index in [1.807, 2.05) is 36.4 Å². The van der Waals surface area contributed by atoms with E-state index in [0.29, 0.717) is 23.6 Å². The number of rotatable bonds is 14. The summed E-state index contributed by atoms with van der Waals surface area (Å²) in [6, 6.07) is 21.1. The van der Waals surface area contributed by atoms with Gasteiger partial charge in [-0.05, 0) is 100 Å². The molecule has 2 aliphatic carbocycles. The second-order valence-electron chi connectivity index (χ2n) is 14.0. The summed E-state index contributed by atoms with van der Waals surface area (Å²) in [5.74, 6) is 0.514. The van der Waals surface area contributed by atoms with Crippen molar-refractivity contribution < 1.29 is 19.2 Å². The van der Waals surface area contributed by atoms with E-state index in [-0.39, 0.29) is 17.6 Å². The molecule has 0 aromatic heterocycles. The molecule has 5 heteroatoms. The maximum absolute atomic E-state index is 13.6. The molecule has 0 bridgehead atoms. The van der Waals surface area contributed by atoms with Crippen molar-refractivity contribution in [2.45, 2.75) is 86.7 Å². The number of Topliss-reactive ketones (excluding diaryl/α,β-unsaturated/α-hetero) is 1. The lowest BCUT2D eigenvalue weighted by Crippen LogP contribution is -2.30. The Bertz CT molecular complexity index is 1850. The number of benzene rings is 3. The number of hydrogen-bond donors (Lipinski definition) is 1. The average Bonchev–Trinajstić information content (AvgIpc) is 3.11. The number of hydrogen-bond acceptors (Lipinski definition) is 4. The molecule has 2 aliphatic rings. The zero-order valence-electron chi connectivity index (χ0n) is 31.3. The summed E-state index contributed by atoms with van der Waals surface area (Å²) in [4.78, 5) is 15.9. The third-order valence-corrected chi connectivity index (χ3v) is 10.3. The average molecular weight is 672 g/mol. The number of ketones is 1. The first-order chi connectivity index (χ1) is 24.1. The van der Waals surface area contributed by atoms with Crippen LogP contribution in [0.25, 0.3) is 5.57 Å². The van der Waals surface area contributed by atoms with Crippen molar-refractivity contribution in [1.29, 1.82) is 0 Å². The lowest BCUT2D eigenvalue weighted by Gasteiger charge is -2.30. The highest BCUT2D eigenvalue weighted by Gasteiger charge is 2.37. The predicted molar refractivity (Wildman–Crippen MR) is 209 cm³/mol. The molecule has 262 valence electrons. The Balaban J connectivity index is 1.44. The molecule has 0 radical (unpaired) electrons. The molecule has 5 nitrogen and oxygen atoms in total. The topological polar surface area (TPSA) is 52.8 Å². The first-order valence-electron chi connectivity index (χ1n) is 18.4. The standard InChI is InChI=1S/C45H54N2O3/c1-9-12-13-34(10-2)28-46(40-24-14-30(4)26-32(40)6)37-20-16-35(17-21-37)42-44(48)43(45(42)49)36-18-22-38(23-19-36)47(29-39(11-3)50-8)41-25-15-31(5)27-33(41)7/h14-27,34,39H,9-13,28-29H2,1-8H3/p+1. The van der Waals surface area contributed by atoms with E-state index in [1.165, 1.54) is 47.2 Å². The third kappa shape index (κ3) is 7.94. The van der Waals surface area contributed by atoms with Crippen molar-refractivity contribution in [1.82, 2.24) is 0 Å². The van der Waals surface area contributed by atoms with Crippen LogP contribution >= 0.6 is 0 Å². The first-order valence-corrected chi connectivity index (χ1v) is 18.4. The Hall–Kier alpha value is -4.48. The lowest BCUT2D eigenvalue weighted by atomic mass is 9.80. The molecular formula is C45H55N2O3+. The lowest BCUT2D eigenvalue weighted by molar-refractivity contribution is -0.449. The number of allylic oxidation sites excluding steroid dienone is 7. The van der Waals surface area contributed by atoms with Gasteiger partial charge in [0.2, 0.25) is 17.2 Å². The van der Waals surface area contributed by atoms with E-state index < -0.39 is 0 Å². The number of methoxy groups -OCH3 is 1. The van der Waals surface area contributed by atoms with Gasteiger partial charge in [0, 0.05) is 54.7 Å². The van der Waals surface area contributed by atoms with Gasteiger partial charge in [0.05, 0.1) is 17.3 Å². The van der Waals surface area contributed by atoms with Crippen molar-refractivity contribution in [3.63, 3.8) is 0 Å². The summed E-state index contributed by atoms with van der Waals surface area (Å²) in [5, 5.41) is 11.3. The summed E-state index contributed by atoms with van der Waals surface area (Å²) in [7, 11) is 1.76. The van der Waals surface area contributed by atoms with Gasteiger partial charge in [0.25, 0.3) is 0 Å². The van der Waals surface area contributed by atoms with Gasteiger partial charge in [-0.3, -0.25) is 4.79 Å². The molecule has 0 heterocycles. The number of carbonyl (C=O) groups excluding carboxylic acids is 1. The van der Waals surface area contributed by atoms with Crippen molar-refractivity contribution in [2.75, 3.05) is 25.1 Å². The van der Waals surface area contributed by atoms with Gasteiger partial charge in [-0.15, -0.1) is 0 Å². The minimum absolute atomic E-state index is 0.0593. The molecule has 0 amide bonds. The molecule has 0 saturated heterocycles. The summed E-state index contributed by atoms with van der Waals surface area (Å²) < 4.78 is 8.19. The molecule has 3 aromatic carbocycles. The highest BCUT2D eigenvalue weighted by molar-refractivity contribution is 6.39. The maximum atomic E-state index is 13.6. The van der Waals surface area contributed by atoms with E-state index in [4.69, 9.17) is 4.74 Å². The van der Waals surface area contributed by atoms with Gasteiger partial charge in [-0.2, -0.15) is 4.58 Å². The quantitative estimate of drug-likeness (QED) is 0.137. The fourth-order valence-corrected chi connectivity index (χ4v) is 7.21. The van der Waals surface area contributed by atoms with E-state index in [0.717, 1.165) is 47.6 Å². The minimum atomic E-state index is -0.128. The van der Waals surface area contributed by atoms with Crippen LogP contribution in [-0.2, 0) is 9.53 Å². The molecule has 0 aliphatic heterocycles. The Morgan fingerprint density at radius 1 is 0.800 bits per heavy atom. The molecule has 2 unspecified atom stereocenters. The van der Waals surface area contributed by atoms with E-state index in [2.05, 4.69) is 106 Å². The van der Waals surface area contributed by atoms with Gasteiger partial charge < -0.3 is 14.7 Å². The van der Waals surface area contributed by atoms with Crippen LogP contribution in [0.2, 0.25) is 0 Å². The van der Waals surface area contributed by atoms with Crippen molar-refractivity contribution in [2.24, 2.45) is 5.92 Å². The highest BCUT2D eigenvalue weighted by Crippen LogP contribution is 2.40. The van der Waals surface area contributed by atoms with Crippen LogP contribution in [0.4, 0.5) is 17.1 Å². The molecule has 0 spiro atoms. The monoisotopic (exact) mass is 671 g/mol. The normalized spacial score (nSPS) is 15.4. The fraction of sp³-hybridized carbons (Fsp3) is 0.378. The predicted octanol–water partition coefficient (Wildman–Crippen LogP) is 10.8. The summed E-state index contributed by atoms with van der Waals surface area (Å²) in [6.45, 7) is 16.9. The van der Waals surface area contributed by atoms with Gasteiger partial charge in [-0.25, -0.2) is 0 Å². The SMILES string of the molecule is CCCCC(CC)C[N+](=C1C=CC(=C2C(=O)C(c3ccc(N(CC(CC)OC)c4ccc(C)cc4C)cc3)=C2O)C=C1)c1ccc(C)cc1C. The van der Waals surface area contributed by atoms with Gasteiger partial charge in [0.15, 0.2) is 6.54 Å². The molecule has 50 heavy (non-hydrogen) atoms. The van der Waals surface area contributed by atoms with Gasteiger partial charge in [-0.1, -0.05) is 75.1 Å².